The number of carboxylic acids is 1. The maximum Gasteiger partial charge on any atom is 0.300 e. The molecular formula is C25H38ClN3O4S. The molecule has 1 amide bonds. The number of benzene rings is 1. The zero-order valence-electron chi connectivity index (χ0n) is 20.2. The van der Waals surface area contributed by atoms with Crippen LogP contribution in [-0.4, -0.2) is 59.4 Å². The largest absolute Gasteiger partial charge is 0.481 e. The zero-order valence-corrected chi connectivity index (χ0v) is 21.8. The topological polar surface area (TPSA) is 108 Å². The Morgan fingerprint density at radius 3 is 2.24 bits per heavy atom. The molecule has 1 unspecified atom stereocenters. The molecule has 4 aliphatic rings. The van der Waals surface area contributed by atoms with Crippen molar-refractivity contribution in [3.63, 3.8) is 0 Å². The van der Waals surface area contributed by atoms with Gasteiger partial charge in [0.25, 0.3) is 11.9 Å². The van der Waals surface area contributed by atoms with Gasteiger partial charge in [-0.1, -0.05) is 11.6 Å². The van der Waals surface area contributed by atoms with E-state index in [1.54, 1.807) is 12.3 Å². The Labute approximate surface area is 210 Å². The van der Waals surface area contributed by atoms with Crippen LogP contribution in [-0.2, 0) is 15.6 Å². The molecular weight excluding hydrogens is 474 g/mol. The lowest BCUT2D eigenvalue weighted by Gasteiger charge is -2.56. The lowest BCUT2D eigenvalue weighted by Crippen LogP contribution is -2.51. The number of carbonyl (C=O) groups is 2. The monoisotopic (exact) mass is 511 g/mol. The third-order valence-electron chi connectivity index (χ3n) is 7.20. The smallest absolute Gasteiger partial charge is 0.300 e. The Morgan fingerprint density at radius 1 is 1.09 bits per heavy atom. The van der Waals surface area contributed by atoms with Crippen molar-refractivity contribution in [1.29, 1.82) is 0 Å². The van der Waals surface area contributed by atoms with E-state index in [2.05, 4.69) is 16.0 Å². The molecule has 9 heteroatoms. The molecule has 4 fully saturated rings. The minimum absolute atomic E-state index is 0.0667. The molecule has 4 aliphatic carbocycles. The number of halogens is 1. The van der Waals surface area contributed by atoms with Gasteiger partial charge in [0.1, 0.15) is 0 Å². The molecule has 0 aliphatic heterocycles. The van der Waals surface area contributed by atoms with E-state index in [1.807, 2.05) is 12.1 Å². The predicted molar refractivity (Wildman–Crippen MR) is 138 cm³/mol. The van der Waals surface area contributed by atoms with Crippen LogP contribution in [0.15, 0.2) is 18.2 Å². The number of carboxylic acid groups (broad SMARTS) is 1. The molecule has 0 radical (unpaired) electrons. The van der Waals surface area contributed by atoms with Gasteiger partial charge in [-0.2, -0.15) is 0 Å². The van der Waals surface area contributed by atoms with E-state index in [0.29, 0.717) is 21.8 Å². The maximum atomic E-state index is 12.9. The Kier molecular flexibility index (Phi) is 9.80. The van der Waals surface area contributed by atoms with Crippen LogP contribution in [0.3, 0.4) is 0 Å². The van der Waals surface area contributed by atoms with Crippen LogP contribution in [0.5, 0.6) is 0 Å². The van der Waals surface area contributed by atoms with Crippen molar-refractivity contribution in [3.05, 3.63) is 28.8 Å². The van der Waals surface area contributed by atoms with E-state index in [0.717, 1.165) is 56.5 Å². The summed E-state index contributed by atoms with van der Waals surface area (Å²) in [6.07, 6.45) is 9.81. The summed E-state index contributed by atoms with van der Waals surface area (Å²) in [5.41, 5.74) is 1.75. The van der Waals surface area contributed by atoms with Crippen LogP contribution >= 0.6 is 11.6 Å². The van der Waals surface area contributed by atoms with Crippen LogP contribution in [0, 0.1) is 23.2 Å². The minimum Gasteiger partial charge on any atom is -0.481 e. The molecule has 1 atom stereocenters. The second-order valence-corrected chi connectivity index (χ2v) is 12.2. The van der Waals surface area contributed by atoms with E-state index in [1.165, 1.54) is 38.5 Å². The highest BCUT2D eigenvalue weighted by atomic mass is 35.5. The van der Waals surface area contributed by atoms with E-state index >= 15 is 0 Å². The van der Waals surface area contributed by atoms with Gasteiger partial charge in [-0.05, 0) is 79.9 Å². The van der Waals surface area contributed by atoms with E-state index in [4.69, 9.17) is 21.5 Å². The Bertz CT molecular complexity index is 856. The van der Waals surface area contributed by atoms with Gasteiger partial charge in [0.05, 0.1) is 10.6 Å². The quantitative estimate of drug-likeness (QED) is 0.356. The number of amides is 1. The number of nitrogens with one attached hydrogen (secondary N) is 3. The summed E-state index contributed by atoms with van der Waals surface area (Å²) in [5, 5.41) is 17.7. The second kappa shape index (κ2) is 12.4. The van der Waals surface area contributed by atoms with Crippen molar-refractivity contribution < 1.29 is 18.9 Å². The first-order valence-corrected chi connectivity index (χ1v) is 14.3. The SMILES string of the molecule is CC(=O)O.CS(=O)CCNCCNc1ccc(Cl)c(C(=O)NCC23CC4CC(CC(C4)C2)C3)c1. The molecule has 190 valence electrons. The molecule has 4 saturated carbocycles. The van der Waals surface area contributed by atoms with Crippen LogP contribution in [0.25, 0.3) is 0 Å². The van der Waals surface area contributed by atoms with E-state index in [9.17, 15) is 9.00 Å². The number of carbonyl (C=O) groups excluding carboxylic acids is 1. The van der Waals surface area contributed by atoms with Gasteiger partial charge < -0.3 is 21.1 Å². The predicted octanol–water partition coefficient (Wildman–Crippen LogP) is 3.76. The fourth-order valence-corrected chi connectivity index (χ4v) is 6.95. The first-order valence-electron chi connectivity index (χ1n) is 12.2. The zero-order chi connectivity index (χ0) is 24.7. The minimum atomic E-state index is -0.833. The van der Waals surface area contributed by atoms with Gasteiger partial charge in [0.2, 0.25) is 0 Å². The van der Waals surface area contributed by atoms with Crippen molar-refractivity contribution in [2.24, 2.45) is 23.2 Å². The molecule has 5 rings (SSSR count). The molecule has 7 nitrogen and oxygen atoms in total. The second-order valence-electron chi connectivity index (χ2n) is 10.3. The summed E-state index contributed by atoms with van der Waals surface area (Å²) in [7, 11) is -0.766. The van der Waals surface area contributed by atoms with E-state index < -0.39 is 16.8 Å². The lowest BCUT2D eigenvalue weighted by atomic mass is 9.49. The summed E-state index contributed by atoms with van der Waals surface area (Å²) in [6, 6.07) is 5.54. The number of aliphatic carboxylic acids is 1. The standard InChI is InChI=1S/C23H34ClN3O2S.C2H4O2/c1-30(29)7-6-25-4-5-26-19-2-3-21(24)20(11-19)22(28)27-15-23-12-16-8-17(13-23)10-18(9-16)14-23;1-2(3)4/h2-3,11,16-18,25-26H,4-10,12-15H2,1H3,(H,27,28);1H3,(H,3,4). The molecule has 0 spiro atoms. The van der Waals surface area contributed by atoms with Crippen LogP contribution in [0.1, 0.15) is 55.8 Å². The third kappa shape index (κ3) is 7.95. The third-order valence-corrected chi connectivity index (χ3v) is 8.31. The van der Waals surface area contributed by atoms with Gasteiger partial charge >= 0.3 is 0 Å². The molecule has 0 heterocycles. The van der Waals surface area contributed by atoms with Crippen LogP contribution in [0.2, 0.25) is 5.02 Å². The highest BCUT2D eigenvalue weighted by Gasteiger charge is 2.50. The molecule has 1 aromatic rings. The molecule has 34 heavy (non-hydrogen) atoms. The molecule has 4 bridgehead atoms. The summed E-state index contributed by atoms with van der Waals surface area (Å²) < 4.78 is 11.1. The first-order chi connectivity index (χ1) is 16.2. The van der Waals surface area contributed by atoms with Crippen molar-refractivity contribution >= 4 is 40.0 Å². The van der Waals surface area contributed by atoms with Crippen molar-refractivity contribution in [2.45, 2.75) is 45.4 Å². The average Bonchev–Trinajstić information content (AvgIpc) is 2.74. The lowest BCUT2D eigenvalue weighted by molar-refractivity contribution is -0.134. The first kappa shape index (κ1) is 27.0. The van der Waals surface area contributed by atoms with Crippen LogP contribution < -0.4 is 16.0 Å². The molecule has 4 N–H and O–H groups in total. The highest BCUT2D eigenvalue weighted by molar-refractivity contribution is 7.84. The van der Waals surface area contributed by atoms with Gasteiger partial charge in [-0.15, -0.1) is 0 Å². The number of hydrogen-bond donors (Lipinski definition) is 4. The van der Waals surface area contributed by atoms with Gasteiger partial charge in [-0.25, -0.2) is 0 Å². The summed E-state index contributed by atoms with van der Waals surface area (Å²) in [5.74, 6) is 2.41. The van der Waals surface area contributed by atoms with Crippen molar-refractivity contribution in [1.82, 2.24) is 10.6 Å². The van der Waals surface area contributed by atoms with Gasteiger partial charge in [-0.3, -0.25) is 13.8 Å². The normalized spacial score (nSPS) is 27.4. The summed E-state index contributed by atoms with van der Waals surface area (Å²) in [6.45, 7) is 4.11. The van der Waals surface area contributed by atoms with Gasteiger partial charge in [0.15, 0.2) is 0 Å². The summed E-state index contributed by atoms with van der Waals surface area (Å²) in [4.78, 5) is 21.9. The van der Waals surface area contributed by atoms with Crippen molar-refractivity contribution in [3.8, 4) is 0 Å². The molecule has 1 aromatic carbocycles. The Hall–Kier alpha value is -1.64. The van der Waals surface area contributed by atoms with E-state index in [-0.39, 0.29) is 5.91 Å². The summed E-state index contributed by atoms with van der Waals surface area (Å²) >= 11 is 6.35. The number of anilines is 1. The number of rotatable bonds is 10. The molecule has 0 aromatic heterocycles. The fourth-order valence-electron chi connectivity index (χ4n) is 6.31. The average molecular weight is 512 g/mol. The van der Waals surface area contributed by atoms with Crippen molar-refractivity contribution in [2.75, 3.05) is 43.5 Å². The van der Waals surface area contributed by atoms with Crippen LogP contribution in [0.4, 0.5) is 5.69 Å². The number of hydrogen-bond acceptors (Lipinski definition) is 5. The molecule has 0 saturated heterocycles. The Morgan fingerprint density at radius 2 is 1.68 bits per heavy atom. The van der Waals surface area contributed by atoms with Gasteiger partial charge in [0, 0.05) is 61.6 Å². The Balaban J connectivity index is 0.000000751. The highest BCUT2D eigenvalue weighted by Crippen LogP contribution is 2.59. The maximum absolute atomic E-state index is 12.9. The fraction of sp³-hybridized carbons (Fsp3) is 0.680.